The third-order valence-electron chi connectivity index (χ3n) is 8.45. The Balaban J connectivity index is 1.44. The molecule has 1 aliphatic heterocycles. The first-order valence-corrected chi connectivity index (χ1v) is 15.7. The highest BCUT2D eigenvalue weighted by Crippen LogP contribution is 2.37. The summed E-state index contributed by atoms with van der Waals surface area (Å²) in [6, 6.07) is 26.3. The van der Waals surface area contributed by atoms with E-state index in [-0.39, 0.29) is 0 Å². The van der Waals surface area contributed by atoms with Crippen molar-refractivity contribution in [2.75, 3.05) is 13.6 Å². The normalized spacial score (nSPS) is 13.5. The van der Waals surface area contributed by atoms with Crippen molar-refractivity contribution < 1.29 is 0 Å². The number of hydrogen-bond donors (Lipinski definition) is 1. The summed E-state index contributed by atoms with van der Waals surface area (Å²) in [6.07, 6.45) is 19.6. The summed E-state index contributed by atoms with van der Waals surface area (Å²) in [5.41, 5.74) is 12.5. The van der Waals surface area contributed by atoms with Crippen molar-refractivity contribution in [2.24, 2.45) is 0 Å². The maximum atomic E-state index is 4.39. The van der Waals surface area contributed by atoms with Crippen LogP contribution < -0.4 is 5.32 Å². The fraction of sp³-hybridized carbons (Fsp3) is 0.220. The van der Waals surface area contributed by atoms with E-state index in [9.17, 15) is 0 Å². The first-order valence-electron chi connectivity index (χ1n) is 15.7. The minimum Gasteiger partial charge on any atom is -0.385 e. The van der Waals surface area contributed by atoms with Gasteiger partial charge in [0.15, 0.2) is 0 Å². The number of benzene rings is 3. The summed E-state index contributed by atoms with van der Waals surface area (Å²) >= 11 is 0. The summed E-state index contributed by atoms with van der Waals surface area (Å²) in [5, 5.41) is 4.77. The highest BCUT2D eigenvalue weighted by atomic mass is 15.1. The van der Waals surface area contributed by atoms with E-state index < -0.39 is 0 Å². The number of nitrogens with zero attached hydrogens (tertiary/aromatic N) is 2. The van der Waals surface area contributed by atoms with Gasteiger partial charge in [0.25, 0.3) is 0 Å². The van der Waals surface area contributed by atoms with Gasteiger partial charge in [-0.1, -0.05) is 115 Å². The number of hydrogen-bond acceptors (Lipinski definition) is 2. The van der Waals surface area contributed by atoms with Gasteiger partial charge in [0.2, 0.25) is 0 Å². The molecule has 2 heterocycles. The second-order valence-corrected chi connectivity index (χ2v) is 11.5. The van der Waals surface area contributed by atoms with Crippen LogP contribution in [0.1, 0.15) is 42.7 Å². The number of allylic oxidation sites excluding steroid dienone is 8. The second kappa shape index (κ2) is 14.6. The fourth-order valence-electron chi connectivity index (χ4n) is 6.02. The highest BCUT2D eigenvalue weighted by Gasteiger charge is 2.21. The summed E-state index contributed by atoms with van der Waals surface area (Å²) in [7, 11) is 2.13. The van der Waals surface area contributed by atoms with Gasteiger partial charge in [-0.25, -0.2) is 0 Å². The van der Waals surface area contributed by atoms with Crippen molar-refractivity contribution in [3.05, 3.63) is 161 Å². The van der Waals surface area contributed by atoms with Crippen molar-refractivity contribution in [3.63, 3.8) is 0 Å². The number of aromatic nitrogens is 1. The standard InChI is InChI=1S/C41H45N3/c1-6-8-19-36(34(7-2)24-23-32(4)43(5)27-14-18-33-16-10-9-11-17-33)30-44-40-29-42-26-25-38(40)39-22-13-21-37(41(39)44)35-20-12-15-31(3)28-35/h6-13,15-17,19-26,28,42H,4,14,18,27,29-30H2,1-3,5H3/b8-6-,24-23-,34-7?,36-19+. The molecule has 0 amide bonds. The van der Waals surface area contributed by atoms with Crippen LogP contribution in [0.5, 0.6) is 0 Å². The van der Waals surface area contributed by atoms with Crippen LogP contribution in [0, 0.1) is 6.92 Å². The Kier molecular flexibility index (Phi) is 10.2. The van der Waals surface area contributed by atoms with E-state index in [0.29, 0.717) is 0 Å². The Morgan fingerprint density at radius 3 is 2.59 bits per heavy atom. The monoisotopic (exact) mass is 579 g/mol. The Morgan fingerprint density at radius 2 is 1.82 bits per heavy atom. The van der Waals surface area contributed by atoms with Gasteiger partial charge in [-0.05, 0) is 74.2 Å². The molecule has 0 fully saturated rings. The lowest BCUT2D eigenvalue weighted by Gasteiger charge is -2.20. The molecule has 1 N–H and O–H groups in total. The predicted molar refractivity (Wildman–Crippen MR) is 190 cm³/mol. The minimum atomic E-state index is 0.762. The molecule has 3 heteroatoms. The third kappa shape index (κ3) is 7.06. The van der Waals surface area contributed by atoms with Crippen LogP contribution in [-0.2, 0) is 19.5 Å². The van der Waals surface area contributed by atoms with Crippen LogP contribution in [0.3, 0.4) is 0 Å². The Labute approximate surface area is 263 Å². The van der Waals surface area contributed by atoms with Crippen molar-refractivity contribution in [2.45, 2.75) is 46.7 Å². The van der Waals surface area contributed by atoms with E-state index in [1.165, 1.54) is 55.6 Å². The van der Waals surface area contributed by atoms with E-state index in [4.69, 9.17) is 0 Å². The molecule has 0 radical (unpaired) electrons. The van der Waals surface area contributed by atoms with E-state index in [0.717, 1.165) is 38.2 Å². The van der Waals surface area contributed by atoms with Crippen molar-refractivity contribution in [3.8, 4) is 11.1 Å². The maximum absolute atomic E-state index is 4.39. The average molecular weight is 580 g/mol. The van der Waals surface area contributed by atoms with Crippen molar-refractivity contribution in [1.29, 1.82) is 0 Å². The molecule has 0 atom stereocenters. The molecule has 0 saturated heterocycles. The number of aryl methyl sites for hydroxylation is 2. The largest absolute Gasteiger partial charge is 0.385 e. The van der Waals surface area contributed by atoms with Gasteiger partial charge >= 0.3 is 0 Å². The topological polar surface area (TPSA) is 20.2 Å². The zero-order chi connectivity index (χ0) is 30.9. The number of para-hydroxylation sites is 1. The SMILES string of the molecule is C=C(/C=C\C(=CC)/C(=C/C=C\C)Cn1c2c(c3cccc(-c4cccc(C)c4)c31)C=CNC2)N(C)CCCc1ccccc1. The minimum absolute atomic E-state index is 0.762. The lowest BCUT2D eigenvalue weighted by Crippen LogP contribution is -2.18. The molecule has 3 aromatic carbocycles. The predicted octanol–water partition coefficient (Wildman–Crippen LogP) is 9.77. The van der Waals surface area contributed by atoms with Gasteiger partial charge in [0.1, 0.15) is 0 Å². The molecule has 0 bridgehead atoms. The number of likely N-dealkylation sites (N-methyl/N-ethyl adjacent to an activating group) is 1. The van der Waals surface area contributed by atoms with Crippen LogP contribution in [-0.4, -0.2) is 23.1 Å². The molecule has 5 rings (SSSR count). The molecule has 224 valence electrons. The van der Waals surface area contributed by atoms with Crippen LogP contribution in [0.25, 0.3) is 28.1 Å². The van der Waals surface area contributed by atoms with Gasteiger partial charge in [0.05, 0.1) is 12.1 Å². The van der Waals surface area contributed by atoms with Gasteiger partial charge < -0.3 is 14.8 Å². The van der Waals surface area contributed by atoms with Crippen LogP contribution in [0.4, 0.5) is 0 Å². The number of fused-ring (bicyclic) bond motifs is 3. The summed E-state index contributed by atoms with van der Waals surface area (Å²) in [5.74, 6) is 0. The maximum Gasteiger partial charge on any atom is 0.0572 e. The molecular weight excluding hydrogens is 534 g/mol. The zero-order valence-corrected chi connectivity index (χ0v) is 26.7. The number of rotatable bonds is 12. The molecule has 0 unspecified atom stereocenters. The van der Waals surface area contributed by atoms with Gasteiger partial charge in [0, 0.05) is 48.0 Å². The van der Waals surface area contributed by atoms with Gasteiger partial charge in [-0.3, -0.25) is 0 Å². The third-order valence-corrected chi connectivity index (χ3v) is 8.45. The van der Waals surface area contributed by atoms with E-state index in [1.807, 2.05) is 0 Å². The van der Waals surface area contributed by atoms with Crippen LogP contribution >= 0.6 is 0 Å². The van der Waals surface area contributed by atoms with E-state index in [1.54, 1.807) is 0 Å². The quantitative estimate of drug-likeness (QED) is 0.169. The molecule has 0 spiro atoms. The summed E-state index contributed by atoms with van der Waals surface area (Å²) in [6.45, 7) is 13.3. The number of nitrogens with one attached hydrogen (secondary N) is 1. The lowest BCUT2D eigenvalue weighted by molar-refractivity contribution is 0.422. The van der Waals surface area contributed by atoms with Gasteiger partial charge in [-0.15, -0.1) is 0 Å². The van der Waals surface area contributed by atoms with Gasteiger partial charge in [-0.2, -0.15) is 0 Å². The summed E-state index contributed by atoms with van der Waals surface area (Å²) in [4.78, 5) is 2.25. The van der Waals surface area contributed by atoms with Crippen molar-refractivity contribution in [1.82, 2.24) is 14.8 Å². The molecule has 44 heavy (non-hydrogen) atoms. The van der Waals surface area contributed by atoms with Crippen molar-refractivity contribution >= 4 is 17.0 Å². The fourth-order valence-corrected chi connectivity index (χ4v) is 6.02. The molecule has 1 aliphatic rings. The molecule has 3 nitrogen and oxygen atoms in total. The second-order valence-electron chi connectivity index (χ2n) is 11.5. The highest BCUT2D eigenvalue weighted by molar-refractivity contribution is 6.01. The Bertz CT molecular complexity index is 1760. The average Bonchev–Trinajstić information content (AvgIpc) is 3.37. The lowest BCUT2D eigenvalue weighted by atomic mass is 9.99. The summed E-state index contributed by atoms with van der Waals surface area (Å²) < 4.78 is 2.52. The molecular formula is C41H45N3. The van der Waals surface area contributed by atoms with E-state index >= 15 is 0 Å². The Morgan fingerprint density at radius 1 is 1.00 bits per heavy atom. The molecule has 0 saturated carbocycles. The molecule has 1 aromatic heterocycles. The van der Waals surface area contributed by atoms with E-state index in [2.05, 4.69) is 171 Å². The first kappa shape index (κ1) is 30.7. The smallest absolute Gasteiger partial charge is 0.0572 e. The van der Waals surface area contributed by atoms with Crippen LogP contribution in [0.15, 0.2) is 139 Å². The Hall–Kier alpha value is -4.76. The zero-order valence-electron chi connectivity index (χ0n) is 26.7. The molecule has 4 aromatic rings. The first-order chi connectivity index (χ1) is 21.5. The van der Waals surface area contributed by atoms with Crippen LogP contribution in [0.2, 0.25) is 0 Å². The molecule has 0 aliphatic carbocycles.